The van der Waals surface area contributed by atoms with Crippen LogP contribution >= 0.6 is 0 Å². The SMILES string of the molecule is CCOC1=C[C@@H](c2ccccc2)C(C)C1=O. The lowest BCUT2D eigenvalue weighted by Crippen LogP contribution is -2.13. The van der Waals surface area contributed by atoms with E-state index in [2.05, 4.69) is 12.1 Å². The van der Waals surface area contributed by atoms with E-state index in [-0.39, 0.29) is 17.6 Å². The molecular weight excluding hydrogens is 200 g/mol. The van der Waals surface area contributed by atoms with Crippen molar-refractivity contribution >= 4 is 5.78 Å². The fourth-order valence-corrected chi connectivity index (χ4v) is 2.11. The van der Waals surface area contributed by atoms with Crippen LogP contribution < -0.4 is 0 Å². The predicted octanol–water partition coefficient (Wildman–Crippen LogP) is 2.91. The van der Waals surface area contributed by atoms with Crippen LogP contribution in [0.5, 0.6) is 0 Å². The average Bonchev–Trinajstić information content (AvgIpc) is 2.59. The number of carbonyl (C=O) groups is 1. The fourth-order valence-electron chi connectivity index (χ4n) is 2.11. The van der Waals surface area contributed by atoms with Crippen molar-refractivity contribution < 1.29 is 9.53 Å². The minimum atomic E-state index is -0.0102. The fraction of sp³-hybridized carbons (Fsp3) is 0.357. The van der Waals surface area contributed by atoms with Gasteiger partial charge in [0, 0.05) is 11.8 Å². The Morgan fingerprint density at radius 1 is 1.25 bits per heavy atom. The third-order valence-electron chi connectivity index (χ3n) is 3.01. The van der Waals surface area contributed by atoms with Crippen LogP contribution in [0.2, 0.25) is 0 Å². The molecule has 16 heavy (non-hydrogen) atoms. The van der Waals surface area contributed by atoms with Gasteiger partial charge in [-0.25, -0.2) is 0 Å². The van der Waals surface area contributed by atoms with Gasteiger partial charge in [0.1, 0.15) is 0 Å². The zero-order valence-corrected chi connectivity index (χ0v) is 9.64. The summed E-state index contributed by atoms with van der Waals surface area (Å²) in [7, 11) is 0. The molecule has 1 aromatic carbocycles. The summed E-state index contributed by atoms with van der Waals surface area (Å²) in [5.74, 6) is 0.804. The van der Waals surface area contributed by atoms with E-state index in [1.54, 1.807) is 0 Å². The summed E-state index contributed by atoms with van der Waals surface area (Å²) in [4.78, 5) is 11.9. The lowest BCUT2D eigenvalue weighted by molar-refractivity contribution is -0.121. The quantitative estimate of drug-likeness (QED) is 0.776. The van der Waals surface area contributed by atoms with Gasteiger partial charge in [0.05, 0.1) is 6.61 Å². The number of allylic oxidation sites excluding steroid dienone is 2. The molecule has 0 saturated carbocycles. The molecule has 2 atom stereocenters. The first-order chi connectivity index (χ1) is 7.74. The van der Waals surface area contributed by atoms with Gasteiger partial charge in [-0.05, 0) is 18.6 Å². The van der Waals surface area contributed by atoms with Gasteiger partial charge in [-0.15, -0.1) is 0 Å². The molecule has 0 heterocycles. The predicted molar refractivity (Wildman–Crippen MR) is 63.1 cm³/mol. The van der Waals surface area contributed by atoms with E-state index in [1.807, 2.05) is 38.1 Å². The molecule has 1 aromatic rings. The largest absolute Gasteiger partial charge is 0.490 e. The van der Waals surface area contributed by atoms with Crippen LogP contribution in [0.25, 0.3) is 0 Å². The number of ketones is 1. The van der Waals surface area contributed by atoms with Crippen LogP contribution in [-0.4, -0.2) is 12.4 Å². The first-order valence-electron chi connectivity index (χ1n) is 5.67. The Morgan fingerprint density at radius 3 is 2.56 bits per heavy atom. The van der Waals surface area contributed by atoms with Crippen LogP contribution in [0.3, 0.4) is 0 Å². The summed E-state index contributed by atoms with van der Waals surface area (Å²) < 4.78 is 5.35. The molecule has 2 rings (SSSR count). The number of benzene rings is 1. The molecule has 0 radical (unpaired) electrons. The molecule has 0 N–H and O–H groups in total. The van der Waals surface area contributed by atoms with E-state index in [0.29, 0.717) is 12.4 Å². The van der Waals surface area contributed by atoms with Gasteiger partial charge in [-0.3, -0.25) is 4.79 Å². The summed E-state index contributed by atoms with van der Waals surface area (Å²) in [6.07, 6.45) is 1.95. The van der Waals surface area contributed by atoms with E-state index in [0.717, 1.165) is 0 Å². The van der Waals surface area contributed by atoms with Crippen LogP contribution in [0, 0.1) is 5.92 Å². The molecule has 1 unspecified atom stereocenters. The van der Waals surface area contributed by atoms with Gasteiger partial charge < -0.3 is 4.74 Å². The van der Waals surface area contributed by atoms with Crippen molar-refractivity contribution in [1.29, 1.82) is 0 Å². The van der Waals surface area contributed by atoms with Gasteiger partial charge in [0.15, 0.2) is 5.76 Å². The van der Waals surface area contributed by atoms with Gasteiger partial charge in [0.2, 0.25) is 5.78 Å². The normalized spacial score (nSPS) is 24.4. The lowest BCUT2D eigenvalue weighted by atomic mass is 9.90. The molecule has 0 spiro atoms. The topological polar surface area (TPSA) is 26.3 Å². The van der Waals surface area contributed by atoms with Gasteiger partial charge >= 0.3 is 0 Å². The minimum Gasteiger partial charge on any atom is -0.490 e. The number of rotatable bonds is 3. The Balaban J connectivity index is 2.27. The molecule has 2 heteroatoms. The van der Waals surface area contributed by atoms with E-state index in [1.165, 1.54) is 5.56 Å². The molecule has 0 fully saturated rings. The highest BCUT2D eigenvalue weighted by Crippen LogP contribution is 2.35. The molecule has 2 nitrogen and oxygen atoms in total. The summed E-state index contributed by atoms with van der Waals surface area (Å²) in [5, 5.41) is 0. The first-order valence-corrected chi connectivity index (χ1v) is 5.67. The van der Waals surface area contributed by atoms with Crippen molar-refractivity contribution in [3.05, 3.63) is 47.7 Å². The molecule has 0 aromatic heterocycles. The monoisotopic (exact) mass is 216 g/mol. The third kappa shape index (κ3) is 1.87. The Bertz CT molecular complexity index is 406. The molecule has 1 aliphatic carbocycles. The van der Waals surface area contributed by atoms with Crippen LogP contribution in [-0.2, 0) is 9.53 Å². The van der Waals surface area contributed by atoms with E-state index in [4.69, 9.17) is 4.74 Å². The average molecular weight is 216 g/mol. The summed E-state index contributed by atoms with van der Waals surface area (Å²) >= 11 is 0. The maximum absolute atomic E-state index is 11.9. The van der Waals surface area contributed by atoms with Crippen molar-refractivity contribution in [1.82, 2.24) is 0 Å². The molecule has 1 aliphatic rings. The second-order valence-corrected chi connectivity index (χ2v) is 4.05. The molecule has 0 saturated heterocycles. The standard InChI is InChI=1S/C14H16O2/c1-3-16-13-9-12(10(2)14(13)15)11-7-5-4-6-8-11/h4-10,12H,3H2,1-2H3/t10?,12-/m1/s1. The van der Waals surface area contributed by atoms with E-state index >= 15 is 0 Å². The second kappa shape index (κ2) is 4.52. The lowest BCUT2D eigenvalue weighted by Gasteiger charge is -2.12. The Kier molecular flexibility index (Phi) is 3.09. The summed E-state index contributed by atoms with van der Waals surface area (Å²) in [5.41, 5.74) is 1.18. The Hall–Kier alpha value is -1.57. The second-order valence-electron chi connectivity index (χ2n) is 4.05. The van der Waals surface area contributed by atoms with Crippen molar-refractivity contribution in [2.75, 3.05) is 6.61 Å². The highest BCUT2D eigenvalue weighted by atomic mass is 16.5. The highest BCUT2D eigenvalue weighted by Gasteiger charge is 2.34. The van der Waals surface area contributed by atoms with Crippen molar-refractivity contribution in [3.8, 4) is 0 Å². The van der Waals surface area contributed by atoms with Crippen LogP contribution in [0.1, 0.15) is 25.3 Å². The third-order valence-corrected chi connectivity index (χ3v) is 3.01. The Morgan fingerprint density at radius 2 is 1.94 bits per heavy atom. The van der Waals surface area contributed by atoms with Crippen molar-refractivity contribution in [2.24, 2.45) is 5.92 Å². The number of Topliss-reactive ketones (excluding diaryl/α,β-unsaturated/α-hetero) is 1. The van der Waals surface area contributed by atoms with E-state index in [9.17, 15) is 4.79 Å². The van der Waals surface area contributed by atoms with Gasteiger partial charge in [-0.2, -0.15) is 0 Å². The van der Waals surface area contributed by atoms with Crippen molar-refractivity contribution in [3.63, 3.8) is 0 Å². The summed E-state index contributed by atoms with van der Waals surface area (Å²) in [6, 6.07) is 10.1. The number of hydrogen-bond donors (Lipinski definition) is 0. The number of carbonyl (C=O) groups excluding carboxylic acids is 1. The minimum absolute atomic E-state index is 0.0102. The number of ether oxygens (including phenoxy) is 1. The first kappa shape index (κ1) is 10.9. The van der Waals surface area contributed by atoms with Gasteiger partial charge in [0.25, 0.3) is 0 Å². The zero-order valence-electron chi connectivity index (χ0n) is 9.64. The Labute approximate surface area is 95.9 Å². The van der Waals surface area contributed by atoms with Gasteiger partial charge in [-0.1, -0.05) is 37.3 Å². The molecular formula is C14H16O2. The molecule has 0 aliphatic heterocycles. The van der Waals surface area contributed by atoms with Crippen LogP contribution in [0.15, 0.2) is 42.2 Å². The maximum Gasteiger partial charge on any atom is 0.200 e. The maximum atomic E-state index is 11.9. The molecule has 0 bridgehead atoms. The number of hydrogen-bond acceptors (Lipinski definition) is 2. The summed E-state index contributed by atoms with van der Waals surface area (Å²) in [6.45, 7) is 4.41. The zero-order chi connectivity index (χ0) is 11.5. The molecule has 84 valence electrons. The van der Waals surface area contributed by atoms with E-state index < -0.39 is 0 Å². The van der Waals surface area contributed by atoms with Crippen molar-refractivity contribution in [2.45, 2.75) is 19.8 Å². The van der Waals surface area contributed by atoms with Crippen LogP contribution in [0.4, 0.5) is 0 Å². The molecule has 0 amide bonds. The highest BCUT2D eigenvalue weighted by molar-refractivity contribution is 5.98. The smallest absolute Gasteiger partial charge is 0.200 e.